The van der Waals surface area contributed by atoms with E-state index in [0.717, 1.165) is 142 Å². The van der Waals surface area contributed by atoms with E-state index in [2.05, 4.69) is 43.2 Å². The molecule has 1 rings (SSSR count). The molecule has 0 aliphatic rings. The molecule has 0 aliphatic carbocycles. The number of nitrogens with one attached hydrogen (secondary N) is 2. The molecule has 0 aromatic heterocycles. The first-order chi connectivity index (χ1) is 25.3. The Labute approximate surface area is 317 Å². The fourth-order valence-corrected chi connectivity index (χ4v) is 6.87. The molecule has 0 radical (unpaired) electrons. The van der Waals surface area contributed by atoms with Gasteiger partial charge < -0.3 is 25.0 Å². The number of carbonyl (C=O) groups is 2. The number of ether oxygens (including phenoxy) is 2. The molecule has 52 heavy (non-hydrogen) atoms. The number of carbonyl (C=O) groups excluding carboxylic acids is 2. The van der Waals surface area contributed by atoms with Gasteiger partial charge in [0.05, 0.1) is 0 Å². The van der Waals surface area contributed by atoms with E-state index in [9.17, 15) is 19.2 Å². The maximum Gasteiger partial charge on any atom is 0.306 e. The average Bonchev–Trinajstić information content (AvgIpc) is 3.14. The predicted molar refractivity (Wildman–Crippen MR) is 218 cm³/mol. The van der Waals surface area contributed by atoms with Crippen LogP contribution in [-0.2, 0) is 19.1 Å². The van der Waals surface area contributed by atoms with Crippen molar-refractivity contribution < 1.29 is 19.1 Å². The molecule has 0 fully saturated rings. The summed E-state index contributed by atoms with van der Waals surface area (Å²) >= 11 is 0. The number of esters is 2. The minimum absolute atomic E-state index is 0.0267. The zero-order valence-corrected chi connectivity index (χ0v) is 34.3. The summed E-state index contributed by atoms with van der Waals surface area (Å²) in [6.07, 6.45) is 27.2. The van der Waals surface area contributed by atoms with Gasteiger partial charge in [-0.25, -0.2) is 0 Å². The normalized spacial score (nSPS) is 12.7. The minimum Gasteiger partial charge on any atom is -0.462 e. The number of anilines is 2. The summed E-state index contributed by atoms with van der Waals surface area (Å²) in [5.41, 5.74) is -0.0724. The first kappa shape index (κ1) is 47.6. The van der Waals surface area contributed by atoms with Crippen molar-refractivity contribution in [1.82, 2.24) is 4.90 Å². The minimum atomic E-state index is -0.443. The Balaban J connectivity index is 2.37. The first-order valence-electron chi connectivity index (χ1n) is 21.7. The molecule has 302 valence electrons. The molecule has 0 aliphatic heterocycles. The van der Waals surface area contributed by atoms with Crippen molar-refractivity contribution in [2.45, 2.75) is 207 Å². The smallest absolute Gasteiger partial charge is 0.306 e. The van der Waals surface area contributed by atoms with Crippen LogP contribution in [0.4, 0.5) is 11.4 Å². The van der Waals surface area contributed by atoms with Gasteiger partial charge in [-0.05, 0) is 90.3 Å². The molecular formula is C43H79N3O6. The molecule has 0 heterocycles. The number of hydrogen-bond donors (Lipinski definition) is 2. The SMILES string of the molecule is CCCCCCC(CC)OC(=O)CCCCCCCN(CCCCCCCC(=O)OC(CCCC)CCCCC)CCCNc1c(NC)c(=O)c1=O. The highest BCUT2D eigenvalue weighted by Crippen LogP contribution is 2.17. The van der Waals surface area contributed by atoms with Gasteiger partial charge in [0.15, 0.2) is 0 Å². The Kier molecular flexibility index (Phi) is 29.3. The fourth-order valence-electron chi connectivity index (χ4n) is 6.87. The van der Waals surface area contributed by atoms with Crippen LogP contribution >= 0.6 is 0 Å². The number of nitrogens with zero attached hydrogens (tertiary/aromatic N) is 1. The van der Waals surface area contributed by atoms with Gasteiger partial charge in [0.2, 0.25) is 0 Å². The summed E-state index contributed by atoms with van der Waals surface area (Å²) < 4.78 is 11.6. The lowest BCUT2D eigenvalue weighted by Crippen LogP contribution is -2.37. The molecule has 2 atom stereocenters. The largest absolute Gasteiger partial charge is 0.462 e. The standard InChI is InChI=1S/C43H79N3O6/c1-6-10-13-21-28-36(9-4)51-38(47)30-22-16-14-18-24-33-46(35-26-32-45-41-40(44-5)42(49)43(41)50)34-25-19-15-17-23-31-39(48)52-37(27-12-8-3)29-20-11-7-2/h36-37,44-45H,6-35H2,1-5H3. The van der Waals surface area contributed by atoms with Crippen molar-refractivity contribution in [2.24, 2.45) is 0 Å². The summed E-state index contributed by atoms with van der Waals surface area (Å²) in [6, 6.07) is 0. The summed E-state index contributed by atoms with van der Waals surface area (Å²) in [4.78, 5) is 51.0. The molecule has 0 amide bonds. The van der Waals surface area contributed by atoms with Crippen molar-refractivity contribution in [3.05, 3.63) is 20.4 Å². The van der Waals surface area contributed by atoms with Gasteiger partial charge >= 0.3 is 11.9 Å². The monoisotopic (exact) mass is 734 g/mol. The van der Waals surface area contributed by atoms with Crippen LogP contribution in [0.1, 0.15) is 195 Å². The predicted octanol–water partition coefficient (Wildman–Crippen LogP) is 10.1. The maximum absolute atomic E-state index is 12.5. The van der Waals surface area contributed by atoms with E-state index >= 15 is 0 Å². The van der Waals surface area contributed by atoms with Gasteiger partial charge in [0, 0.05) is 26.4 Å². The maximum atomic E-state index is 12.5. The molecule has 9 nitrogen and oxygen atoms in total. The van der Waals surface area contributed by atoms with Crippen LogP contribution in [0.5, 0.6) is 0 Å². The summed E-state index contributed by atoms with van der Waals surface area (Å²) in [7, 11) is 1.66. The van der Waals surface area contributed by atoms with E-state index in [1.165, 1.54) is 32.1 Å². The van der Waals surface area contributed by atoms with Crippen LogP contribution in [-0.4, -0.2) is 62.3 Å². The number of unbranched alkanes of at least 4 members (excludes halogenated alkanes) is 14. The summed E-state index contributed by atoms with van der Waals surface area (Å²) in [5, 5.41) is 5.99. The van der Waals surface area contributed by atoms with Gasteiger partial charge in [-0.15, -0.1) is 0 Å². The summed E-state index contributed by atoms with van der Waals surface area (Å²) in [5.74, 6) is -0.0670. The lowest BCUT2D eigenvalue weighted by Gasteiger charge is -2.23. The van der Waals surface area contributed by atoms with Crippen LogP contribution in [0.15, 0.2) is 9.59 Å². The molecule has 1 aromatic rings. The van der Waals surface area contributed by atoms with Crippen molar-refractivity contribution in [3.8, 4) is 0 Å². The Morgan fingerprint density at radius 3 is 1.56 bits per heavy atom. The molecule has 0 saturated heterocycles. The highest BCUT2D eigenvalue weighted by molar-refractivity contribution is 5.73. The third kappa shape index (κ3) is 22.6. The van der Waals surface area contributed by atoms with Crippen molar-refractivity contribution >= 4 is 23.3 Å². The molecule has 0 spiro atoms. The lowest BCUT2D eigenvalue weighted by molar-refractivity contribution is -0.150. The first-order valence-corrected chi connectivity index (χ1v) is 21.7. The van der Waals surface area contributed by atoms with Crippen molar-refractivity contribution in [1.29, 1.82) is 0 Å². The van der Waals surface area contributed by atoms with E-state index in [1.807, 2.05) is 0 Å². The van der Waals surface area contributed by atoms with Crippen molar-refractivity contribution in [2.75, 3.05) is 43.9 Å². The van der Waals surface area contributed by atoms with E-state index in [0.29, 0.717) is 30.8 Å². The highest BCUT2D eigenvalue weighted by atomic mass is 16.5. The van der Waals surface area contributed by atoms with E-state index in [4.69, 9.17) is 9.47 Å². The average molecular weight is 734 g/mol. The third-order valence-corrected chi connectivity index (χ3v) is 10.3. The van der Waals surface area contributed by atoms with E-state index < -0.39 is 10.9 Å². The van der Waals surface area contributed by atoms with Crippen LogP contribution in [0.3, 0.4) is 0 Å². The second-order valence-electron chi connectivity index (χ2n) is 14.9. The third-order valence-electron chi connectivity index (χ3n) is 10.3. The molecule has 0 saturated carbocycles. The zero-order chi connectivity index (χ0) is 38.2. The van der Waals surface area contributed by atoms with E-state index in [-0.39, 0.29) is 24.1 Å². The summed E-state index contributed by atoms with van der Waals surface area (Å²) in [6.45, 7) is 12.4. The Morgan fingerprint density at radius 2 is 0.981 bits per heavy atom. The van der Waals surface area contributed by atoms with Crippen LogP contribution in [0, 0.1) is 0 Å². The van der Waals surface area contributed by atoms with Gasteiger partial charge in [-0.1, -0.05) is 111 Å². The van der Waals surface area contributed by atoms with Crippen LogP contribution < -0.4 is 21.5 Å². The Morgan fingerprint density at radius 1 is 0.538 bits per heavy atom. The van der Waals surface area contributed by atoms with Crippen LogP contribution in [0.25, 0.3) is 0 Å². The second-order valence-corrected chi connectivity index (χ2v) is 14.9. The topological polar surface area (TPSA) is 114 Å². The number of hydrogen-bond acceptors (Lipinski definition) is 9. The molecule has 2 unspecified atom stereocenters. The van der Waals surface area contributed by atoms with Gasteiger partial charge in [-0.3, -0.25) is 19.2 Å². The fraction of sp³-hybridized carbons (Fsp3) is 0.860. The quantitative estimate of drug-likeness (QED) is 0.0392. The second kappa shape index (κ2) is 32.0. The Hall–Kier alpha value is -2.42. The number of rotatable bonds is 37. The highest BCUT2D eigenvalue weighted by Gasteiger charge is 2.19. The van der Waals surface area contributed by atoms with Gasteiger partial charge in [-0.2, -0.15) is 0 Å². The molecular weight excluding hydrogens is 654 g/mol. The molecule has 2 N–H and O–H groups in total. The van der Waals surface area contributed by atoms with Crippen LogP contribution in [0.2, 0.25) is 0 Å². The van der Waals surface area contributed by atoms with E-state index in [1.54, 1.807) is 7.05 Å². The zero-order valence-electron chi connectivity index (χ0n) is 34.3. The molecule has 1 aromatic carbocycles. The van der Waals surface area contributed by atoms with Crippen molar-refractivity contribution in [3.63, 3.8) is 0 Å². The lowest BCUT2D eigenvalue weighted by atomic mass is 10.1. The van der Waals surface area contributed by atoms with Gasteiger partial charge in [0.25, 0.3) is 10.9 Å². The van der Waals surface area contributed by atoms with Gasteiger partial charge in [0.1, 0.15) is 23.6 Å². The Bertz CT molecular complexity index is 1100. The molecule has 9 heteroatoms. The molecule has 0 bridgehead atoms.